The Morgan fingerprint density at radius 2 is 0.771 bits per heavy atom. The van der Waals surface area contributed by atoms with Crippen molar-refractivity contribution >= 4 is 32.3 Å². The van der Waals surface area contributed by atoms with Gasteiger partial charge in [0.25, 0.3) is 0 Å². The number of benzene rings is 6. The average Bonchev–Trinajstić information content (AvgIpc) is 3.18. The molecule has 0 amide bonds. The highest BCUT2D eigenvalue weighted by atomic mass is 14.9. The van der Waals surface area contributed by atoms with Crippen molar-refractivity contribution in [2.24, 2.45) is 0 Å². The van der Waals surface area contributed by atoms with Gasteiger partial charge in [-0.3, -0.25) is 9.97 Å². The van der Waals surface area contributed by atoms with E-state index >= 15 is 0 Å². The molecule has 48 heavy (non-hydrogen) atoms. The molecular formula is C44H28N4. The zero-order valence-electron chi connectivity index (χ0n) is 26.0. The average molecular weight is 613 g/mol. The molecule has 0 fully saturated rings. The molecule has 9 rings (SSSR count). The van der Waals surface area contributed by atoms with Gasteiger partial charge in [-0.05, 0) is 84.9 Å². The summed E-state index contributed by atoms with van der Waals surface area (Å²) in [4.78, 5) is 18.8. The van der Waals surface area contributed by atoms with Gasteiger partial charge < -0.3 is 0 Å². The fourth-order valence-electron chi connectivity index (χ4n) is 6.66. The number of nitrogens with zero attached hydrogens (tertiary/aromatic N) is 4. The minimum atomic E-state index is 0.691. The molecule has 0 atom stereocenters. The van der Waals surface area contributed by atoms with Crippen molar-refractivity contribution in [3.8, 4) is 56.2 Å². The third-order valence-electron chi connectivity index (χ3n) is 9.10. The first-order valence-corrected chi connectivity index (χ1v) is 16.0. The van der Waals surface area contributed by atoms with E-state index in [1.54, 1.807) is 6.20 Å². The zero-order valence-corrected chi connectivity index (χ0v) is 26.0. The SMILES string of the molecule is c1cncc(-c2ccc(-c3cc(-c4ccc(-c5ccncc5)cc4)nc(-c4ccc5c6ccccc6c6ccccc6c5c4)n3)cc2)c1. The van der Waals surface area contributed by atoms with Crippen LogP contribution in [0.3, 0.4) is 0 Å². The Hall–Kier alpha value is -6.52. The van der Waals surface area contributed by atoms with E-state index in [4.69, 9.17) is 9.97 Å². The van der Waals surface area contributed by atoms with Crippen molar-refractivity contribution in [3.05, 3.63) is 170 Å². The van der Waals surface area contributed by atoms with Crippen LogP contribution in [0, 0.1) is 0 Å². The molecule has 0 aliphatic heterocycles. The van der Waals surface area contributed by atoms with Crippen LogP contribution in [-0.4, -0.2) is 19.9 Å². The number of fused-ring (bicyclic) bond motifs is 6. The van der Waals surface area contributed by atoms with E-state index in [0.29, 0.717) is 5.82 Å². The third kappa shape index (κ3) is 4.97. The second-order valence-corrected chi connectivity index (χ2v) is 11.9. The molecule has 6 aromatic carbocycles. The fraction of sp³-hybridized carbons (Fsp3) is 0. The van der Waals surface area contributed by atoms with E-state index in [9.17, 15) is 0 Å². The van der Waals surface area contributed by atoms with Crippen LogP contribution >= 0.6 is 0 Å². The van der Waals surface area contributed by atoms with Gasteiger partial charge in [0.05, 0.1) is 11.4 Å². The Kier molecular flexibility index (Phi) is 6.76. The number of aromatic nitrogens is 4. The second kappa shape index (κ2) is 11.7. The van der Waals surface area contributed by atoms with Crippen LogP contribution in [0.4, 0.5) is 0 Å². The summed E-state index contributed by atoms with van der Waals surface area (Å²) in [5, 5.41) is 7.40. The molecule has 0 unspecified atom stereocenters. The molecule has 3 aromatic heterocycles. The van der Waals surface area contributed by atoms with Gasteiger partial charge in [-0.15, -0.1) is 0 Å². The second-order valence-electron chi connectivity index (χ2n) is 11.9. The van der Waals surface area contributed by atoms with Crippen LogP contribution in [0.2, 0.25) is 0 Å². The smallest absolute Gasteiger partial charge is 0.160 e. The van der Waals surface area contributed by atoms with Gasteiger partial charge >= 0.3 is 0 Å². The molecule has 0 aliphatic carbocycles. The minimum absolute atomic E-state index is 0.691. The highest BCUT2D eigenvalue weighted by molar-refractivity contribution is 6.25. The summed E-state index contributed by atoms with van der Waals surface area (Å²) in [6.07, 6.45) is 7.32. The quantitative estimate of drug-likeness (QED) is 0.181. The lowest BCUT2D eigenvalue weighted by Crippen LogP contribution is -1.96. The maximum absolute atomic E-state index is 5.19. The number of hydrogen-bond acceptors (Lipinski definition) is 4. The van der Waals surface area contributed by atoms with Crippen LogP contribution in [0.15, 0.2) is 170 Å². The minimum Gasteiger partial charge on any atom is -0.265 e. The third-order valence-corrected chi connectivity index (χ3v) is 9.10. The Morgan fingerprint density at radius 1 is 0.292 bits per heavy atom. The van der Waals surface area contributed by atoms with Crippen molar-refractivity contribution < 1.29 is 0 Å². The molecule has 0 saturated heterocycles. The summed E-state index contributed by atoms with van der Waals surface area (Å²) >= 11 is 0. The predicted molar refractivity (Wildman–Crippen MR) is 197 cm³/mol. The summed E-state index contributed by atoms with van der Waals surface area (Å²) in [7, 11) is 0. The van der Waals surface area contributed by atoms with Gasteiger partial charge in [-0.1, -0.05) is 115 Å². The van der Waals surface area contributed by atoms with Crippen LogP contribution in [-0.2, 0) is 0 Å². The molecule has 224 valence electrons. The van der Waals surface area contributed by atoms with Crippen molar-refractivity contribution in [3.63, 3.8) is 0 Å². The van der Waals surface area contributed by atoms with E-state index in [2.05, 4.69) is 137 Å². The van der Waals surface area contributed by atoms with Gasteiger partial charge in [0, 0.05) is 41.5 Å². The van der Waals surface area contributed by atoms with E-state index in [1.807, 2.05) is 36.8 Å². The lowest BCUT2D eigenvalue weighted by Gasteiger charge is -2.13. The molecule has 0 N–H and O–H groups in total. The molecule has 0 bridgehead atoms. The summed E-state index contributed by atoms with van der Waals surface area (Å²) in [5.74, 6) is 0.691. The molecule has 4 nitrogen and oxygen atoms in total. The summed E-state index contributed by atoms with van der Waals surface area (Å²) in [6, 6.07) is 51.2. The summed E-state index contributed by atoms with van der Waals surface area (Å²) in [5.41, 5.74) is 9.23. The summed E-state index contributed by atoms with van der Waals surface area (Å²) in [6.45, 7) is 0. The zero-order chi connectivity index (χ0) is 31.9. The van der Waals surface area contributed by atoms with E-state index in [0.717, 1.165) is 50.3 Å². The predicted octanol–water partition coefficient (Wildman–Crippen LogP) is 11.1. The van der Waals surface area contributed by atoms with E-state index < -0.39 is 0 Å². The first kappa shape index (κ1) is 27.8. The molecule has 3 heterocycles. The molecule has 9 aromatic rings. The molecule has 0 saturated carbocycles. The van der Waals surface area contributed by atoms with E-state index in [-0.39, 0.29) is 0 Å². The lowest BCUT2D eigenvalue weighted by molar-refractivity contribution is 1.18. The van der Waals surface area contributed by atoms with Crippen LogP contribution in [0.5, 0.6) is 0 Å². The molecule has 0 aliphatic rings. The van der Waals surface area contributed by atoms with Gasteiger partial charge in [-0.2, -0.15) is 0 Å². The largest absolute Gasteiger partial charge is 0.265 e. The Bertz CT molecular complexity index is 2440. The lowest BCUT2D eigenvalue weighted by atomic mass is 9.93. The van der Waals surface area contributed by atoms with Crippen molar-refractivity contribution in [1.29, 1.82) is 0 Å². The van der Waals surface area contributed by atoms with Crippen molar-refractivity contribution in [1.82, 2.24) is 19.9 Å². The van der Waals surface area contributed by atoms with Gasteiger partial charge in [0.1, 0.15) is 0 Å². The van der Waals surface area contributed by atoms with Crippen LogP contribution in [0.1, 0.15) is 0 Å². The molecule has 0 spiro atoms. The topological polar surface area (TPSA) is 51.6 Å². The van der Waals surface area contributed by atoms with Crippen molar-refractivity contribution in [2.75, 3.05) is 0 Å². The highest BCUT2D eigenvalue weighted by Gasteiger charge is 2.14. The van der Waals surface area contributed by atoms with Crippen LogP contribution in [0.25, 0.3) is 88.5 Å². The Morgan fingerprint density at radius 3 is 1.33 bits per heavy atom. The maximum Gasteiger partial charge on any atom is 0.160 e. The van der Waals surface area contributed by atoms with Gasteiger partial charge in [0.2, 0.25) is 0 Å². The number of pyridine rings is 2. The van der Waals surface area contributed by atoms with Gasteiger partial charge in [-0.25, -0.2) is 9.97 Å². The first-order valence-electron chi connectivity index (χ1n) is 16.0. The van der Waals surface area contributed by atoms with Crippen LogP contribution < -0.4 is 0 Å². The standard InChI is InChI=1S/C44H28N4/c1-2-9-38-36(7-1)37-8-3-4-10-39(37)41-26-34(19-20-40(38)41)44-47-42(32-15-11-29(12-16-32)31-21-24-45-25-22-31)27-43(48-44)33-17-13-30(14-18-33)35-6-5-23-46-28-35/h1-28H. The Labute approximate surface area is 278 Å². The summed E-state index contributed by atoms with van der Waals surface area (Å²) < 4.78 is 0. The first-order chi connectivity index (χ1) is 23.8. The van der Waals surface area contributed by atoms with Gasteiger partial charge in [0.15, 0.2) is 5.82 Å². The normalized spacial score (nSPS) is 11.3. The number of rotatable bonds is 5. The van der Waals surface area contributed by atoms with E-state index in [1.165, 1.54) is 32.3 Å². The van der Waals surface area contributed by atoms with Crippen molar-refractivity contribution in [2.45, 2.75) is 0 Å². The molecule has 0 radical (unpaired) electrons. The fourth-order valence-corrected chi connectivity index (χ4v) is 6.66. The molecular weight excluding hydrogens is 585 g/mol. The molecule has 4 heteroatoms. The maximum atomic E-state index is 5.19. The number of hydrogen-bond donors (Lipinski definition) is 0. The highest BCUT2D eigenvalue weighted by Crippen LogP contribution is 2.37. The Balaban J connectivity index is 1.21. The monoisotopic (exact) mass is 612 g/mol.